The fraction of sp³-hybridized carbons (Fsp3) is 0.643. The van der Waals surface area contributed by atoms with Gasteiger partial charge in [0.25, 0.3) is 5.91 Å². The number of fused-ring (bicyclic) bond motifs is 1. The average Bonchev–Trinajstić information content (AvgIpc) is 3.33. The van der Waals surface area contributed by atoms with Gasteiger partial charge in [-0.25, -0.2) is 0 Å². The zero-order chi connectivity index (χ0) is 25.3. The Morgan fingerprint density at radius 3 is 2.36 bits per heavy atom. The summed E-state index contributed by atoms with van der Waals surface area (Å²) in [5, 5.41) is 4.93. The summed E-state index contributed by atoms with van der Waals surface area (Å²) in [5.74, 6) is 0.104. The highest BCUT2D eigenvalue weighted by molar-refractivity contribution is 7.20. The van der Waals surface area contributed by atoms with E-state index in [1.807, 2.05) is 36.1 Å². The van der Waals surface area contributed by atoms with Crippen molar-refractivity contribution in [2.75, 3.05) is 46.3 Å². The quantitative estimate of drug-likeness (QED) is 0.599. The normalized spacial score (nSPS) is 23.0. The first kappa shape index (κ1) is 26.0. The number of carbonyl (C=O) groups is 2. The van der Waals surface area contributed by atoms with Crippen molar-refractivity contribution in [2.24, 2.45) is 5.92 Å². The zero-order valence-corrected chi connectivity index (χ0v) is 23.2. The molecule has 0 radical (unpaired) electrons. The summed E-state index contributed by atoms with van der Waals surface area (Å²) in [5.41, 5.74) is -0.888. The highest BCUT2D eigenvalue weighted by Crippen LogP contribution is 2.36. The van der Waals surface area contributed by atoms with Crippen LogP contribution in [0.2, 0.25) is 5.02 Å². The first-order valence-corrected chi connectivity index (χ1v) is 14.8. The molecule has 6 nitrogen and oxygen atoms in total. The summed E-state index contributed by atoms with van der Waals surface area (Å²) in [4.78, 5) is 35.2. The number of nitrogens with one attached hydrogen (secondary N) is 1. The monoisotopic (exact) mass is 530 g/mol. The maximum atomic E-state index is 14.1. The largest absolute Gasteiger partial charge is 0.338 e. The third-order valence-electron chi connectivity index (χ3n) is 8.75. The van der Waals surface area contributed by atoms with Gasteiger partial charge in [-0.3, -0.25) is 14.5 Å². The summed E-state index contributed by atoms with van der Waals surface area (Å²) in [6, 6.07) is 8.23. The van der Waals surface area contributed by atoms with Gasteiger partial charge in [-0.2, -0.15) is 0 Å². The number of amides is 2. The van der Waals surface area contributed by atoms with Crippen LogP contribution in [0.25, 0.3) is 10.1 Å². The van der Waals surface area contributed by atoms with Crippen molar-refractivity contribution in [1.29, 1.82) is 0 Å². The Labute approximate surface area is 223 Å². The van der Waals surface area contributed by atoms with E-state index in [-0.39, 0.29) is 17.7 Å². The van der Waals surface area contributed by atoms with E-state index in [9.17, 15) is 9.59 Å². The minimum Gasteiger partial charge on any atom is -0.338 e. The molecule has 1 atom stereocenters. The van der Waals surface area contributed by atoms with Crippen LogP contribution in [-0.2, 0) is 4.79 Å². The molecule has 196 valence electrons. The van der Waals surface area contributed by atoms with Crippen LogP contribution in [0.1, 0.15) is 61.5 Å². The van der Waals surface area contributed by atoms with Crippen LogP contribution in [0, 0.1) is 5.92 Å². The second kappa shape index (κ2) is 11.0. The van der Waals surface area contributed by atoms with E-state index in [0.29, 0.717) is 15.9 Å². The molecule has 0 spiro atoms. The molecule has 8 heteroatoms. The van der Waals surface area contributed by atoms with E-state index < -0.39 is 5.54 Å². The molecule has 0 bridgehead atoms. The predicted molar refractivity (Wildman–Crippen MR) is 148 cm³/mol. The molecule has 1 aromatic heterocycles. The number of halogens is 1. The van der Waals surface area contributed by atoms with Gasteiger partial charge in [0.2, 0.25) is 5.91 Å². The van der Waals surface area contributed by atoms with Gasteiger partial charge < -0.3 is 15.1 Å². The molecule has 3 aliphatic rings. The molecular weight excluding hydrogens is 492 g/mol. The van der Waals surface area contributed by atoms with Gasteiger partial charge in [0.05, 0.1) is 4.88 Å². The van der Waals surface area contributed by atoms with Gasteiger partial charge in [0.15, 0.2) is 0 Å². The molecule has 36 heavy (non-hydrogen) atoms. The second-order valence-electron chi connectivity index (χ2n) is 11.1. The van der Waals surface area contributed by atoms with Crippen molar-refractivity contribution in [3.63, 3.8) is 0 Å². The van der Waals surface area contributed by atoms with Gasteiger partial charge in [-0.15, -0.1) is 11.3 Å². The molecule has 0 unspecified atom stereocenters. The Morgan fingerprint density at radius 2 is 1.67 bits per heavy atom. The Morgan fingerprint density at radius 1 is 0.972 bits per heavy atom. The lowest BCUT2D eigenvalue weighted by molar-refractivity contribution is -0.142. The van der Waals surface area contributed by atoms with E-state index in [2.05, 4.69) is 22.2 Å². The van der Waals surface area contributed by atoms with Crippen molar-refractivity contribution >= 4 is 44.8 Å². The number of nitrogens with zero attached hydrogens (tertiary/aromatic N) is 3. The van der Waals surface area contributed by atoms with Crippen molar-refractivity contribution in [1.82, 2.24) is 20.0 Å². The van der Waals surface area contributed by atoms with E-state index in [1.165, 1.54) is 30.6 Å². The van der Waals surface area contributed by atoms with Gasteiger partial charge in [0, 0.05) is 41.9 Å². The SMILES string of the molecule is CN1CCC(N2CCN(C(=O)[C@](C)(NC(=O)c3cc4ccc(Cl)cc4s3)C3CCCCC3)CC2)CC1. The minimum atomic E-state index is -0.888. The molecule has 5 rings (SSSR count). The number of thiophene rings is 1. The van der Waals surface area contributed by atoms with Gasteiger partial charge in [-0.05, 0) is 82.2 Å². The lowest BCUT2D eigenvalue weighted by atomic mass is 9.74. The molecule has 1 aromatic carbocycles. The molecule has 2 aliphatic heterocycles. The Kier molecular flexibility index (Phi) is 7.92. The van der Waals surface area contributed by atoms with E-state index >= 15 is 0 Å². The number of carbonyl (C=O) groups excluding carboxylic acids is 2. The molecule has 1 aliphatic carbocycles. The Balaban J connectivity index is 1.30. The topological polar surface area (TPSA) is 55.9 Å². The van der Waals surface area contributed by atoms with Crippen molar-refractivity contribution in [2.45, 2.75) is 63.5 Å². The van der Waals surface area contributed by atoms with Crippen LogP contribution in [-0.4, -0.2) is 84.4 Å². The molecular formula is C28H39ClN4O2S. The number of rotatable bonds is 5. The fourth-order valence-corrected chi connectivity index (χ4v) is 7.64. The van der Waals surface area contributed by atoms with Gasteiger partial charge >= 0.3 is 0 Å². The maximum absolute atomic E-state index is 14.1. The number of likely N-dealkylation sites (tertiary alicyclic amines) is 1. The van der Waals surface area contributed by atoms with Crippen LogP contribution in [0.15, 0.2) is 24.3 Å². The standard InChI is InChI=1S/C28H39ClN4O2S/c1-28(21-6-4-3-5-7-21,30-26(34)25-18-20-8-9-22(29)19-24(20)36-25)27(35)33-16-14-32(15-17-33)23-10-12-31(2)13-11-23/h8-9,18-19,21,23H,3-7,10-17H2,1-2H3,(H,30,34)/t28-/m1/s1. The lowest BCUT2D eigenvalue weighted by Crippen LogP contribution is -2.65. The van der Waals surface area contributed by atoms with Crippen molar-refractivity contribution in [3.8, 4) is 0 Å². The average molecular weight is 531 g/mol. The van der Waals surface area contributed by atoms with Crippen LogP contribution in [0.4, 0.5) is 0 Å². The smallest absolute Gasteiger partial charge is 0.262 e. The minimum absolute atomic E-state index is 0.0925. The molecule has 2 aromatic rings. The van der Waals surface area contributed by atoms with Crippen LogP contribution in [0.3, 0.4) is 0 Å². The molecule has 3 heterocycles. The van der Waals surface area contributed by atoms with Crippen molar-refractivity contribution in [3.05, 3.63) is 34.2 Å². The van der Waals surface area contributed by atoms with Gasteiger partial charge in [-0.1, -0.05) is 36.9 Å². The van der Waals surface area contributed by atoms with Crippen LogP contribution < -0.4 is 5.32 Å². The third-order valence-corrected chi connectivity index (χ3v) is 10.1. The summed E-state index contributed by atoms with van der Waals surface area (Å²) in [6.07, 6.45) is 7.84. The number of hydrogen-bond acceptors (Lipinski definition) is 5. The Bertz CT molecular complexity index is 1080. The molecule has 2 saturated heterocycles. The predicted octanol–water partition coefficient (Wildman–Crippen LogP) is 4.86. The van der Waals surface area contributed by atoms with E-state index in [1.54, 1.807) is 0 Å². The molecule has 1 N–H and O–H groups in total. The number of hydrogen-bond donors (Lipinski definition) is 1. The summed E-state index contributed by atoms with van der Waals surface area (Å²) in [7, 11) is 2.20. The highest BCUT2D eigenvalue weighted by atomic mass is 35.5. The number of piperazine rings is 1. The third kappa shape index (κ3) is 5.45. The number of benzene rings is 1. The van der Waals surface area contributed by atoms with Gasteiger partial charge in [0.1, 0.15) is 5.54 Å². The fourth-order valence-electron chi connectivity index (χ4n) is 6.40. The Hall–Kier alpha value is -1.67. The summed E-state index contributed by atoms with van der Waals surface area (Å²) < 4.78 is 0.989. The lowest BCUT2D eigenvalue weighted by Gasteiger charge is -2.46. The molecule has 1 saturated carbocycles. The summed E-state index contributed by atoms with van der Waals surface area (Å²) in [6.45, 7) is 7.61. The highest BCUT2D eigenvalue weighted by Gasteiger charge is 2.46. The van der Waals surface area contributed by atoms with Crippen molar-refractivity contribution < 1.29 is 9.59 Å². The second-order valence-corrected chi connectivity index (χ2v) is 12.7. The first-order chi connectivity index (χ1) is 17.3. The maximum Gasteiger partial charge on any atom is 0.262 e. The van der Waals surface area contributed by atoms with E-state index in [0.717, 1.165) is 75.0 Å². The molecule has 3 fully saturated rings. The number of piperidine rings is 1. The van der Waals surface area contributed by atoms with Crippen LogP contribution >= 0.6 is 22.9 Å². The van der Waals surface area contributed by atoms with E-state index in [4.69, 9.17) is 11.6 Å². The first-order valence-electron chi connectivity index (χ1n) is 13.6. The molecule has 2 amide bonds. The van der Waals surface area contributed by atoms with Crippen LogP contribution in [0.5, 0.6) is 0 Å². The zero-order valence-electron chi connectivity index (χ0n) is 21.6. The summed E-state index contributed by atoms with van der Waals surface area (Å²) >= 11 is 7.60.